The van der Waals surface area contributed by atoms with Gasteiger partial charge < -0.3 is 9.72 Å². The summed E-state index contributed by atoms with van der Waals surface area (Å²) in [5.41, 5.74) is 1.88. The summed E-state index contributed by atoms with van der Waals surface area (Å²) in [5.74, 6) is -1.06. The quantitative estimate of drug-likeness (QED) is 0.726. The van der Waals surface area contributed by atoms with Crippen LogP contribution in [0.1, 0.15) is 56.5 Å². The van der Waals surface area contributed by atoms with Gasteiger partial charge in [-0.1, -0.05) is 19.4 Å². The Morgan fingerprint density at radius 2 is 2.04 bits per heavy atom. The van der Waals surface area contributed by atoms with E-state index in [9.17, 15) is 18.0 Å². The highest BCUT2D eigenvalue weighted by molar-refractivity contribution is 5.82. The second-order valence-electron chi connectivity index (χ2n) is 8.34. The summed E-state index contributed by atoms with van der Waals surface area (Å²) in [6, 6.07) is 3.61. The number of ether oxygens (including phenoxy) is 1. The van der Waals surface area contributed by atoms with Crippen LogP contribution in [0.4, 0.5) is 13.2 Å². The number of halogens is 3. The third-order valence-electron chi connectivity index (χ3n) is 6.91. The topological polar surface area (TPSA) is 55.0 Å². The highest BCUT2D eigenvalue weighted by Gasteiger charge is 2.56. The molecule has 2 aliphatic carbocycles. The summed E-state index contributed by atoms with van der Waals surface area (Å²) < 4.78 is 44.4. The Hall–Kier alpha value is -2.05. The Kier molecular flexibility index (Phi) is 3.88. The van der Waals surface area contributed by atoms with Gasteiger partial charge in [-0.3, -0.25) is 4.79 Å². The first-order valence-corrected chi connectivity index (χ1v) is 9.29. The molecule has 1 aromatic heterocycles. The lowest BCUT2D eigenvalue weighted by Gasteiger charge is -2.54. The number of aromatic nitrogens is 2. The second kappa shape index (κ2) is 5.72. The molecule has 4 rings (SSSR count). The number of H-pyrrole nitrogens is 1. The number of fused-ring (bicyclic) bond motifs is 5. The monoisotopic (exact) mass is 380 g/mol. The molecule has 2 aliphatic rings. The second-order valence-corrected chi connectivity index (χ2v) is 8.34. The van der Waals surface area contributed by atoms with Crippen molar-refractivity contribution in [3.8, 4) is 0 Å². The van der Waals surface area contributed by atoms with Crippen molar-refractivity contribution in [3.05, 3.63) is 29.1 Å². The molecule has 0 spiro atoms. The molecule has 0 amide bonds. The van der Waals surface area contributed by atoms with E-state index in [1.807, 2.05) is 13.0 Å². The van der Waals surface area contributed by atoms with Gasteiger partial charge in [-0.2, -0.15) is 13.2 Å². The normalized spacial score (nSPS) is 30.7. The van der Waals surface area contributed by atoms with Crippen LogP contribution in [0.3, 0.4) is 0 Å². The fourth-order valence-corrected chi connectivity index (χ4v) is 5.65. The van der Waals surface area contributed by atoms with Crippen molar-refractivity contribution < 1.29 is 22.7 Å². The van der Waals surface area contributed by atoms with Crippen LogP contribution in [0.15, 0.2) is 12.1 Å². The number of rotatable bonds is 1. The number of nitrogens with one attached hydrogen (secondary N) is 1. The number of methoxy groups -OCH3 is 1. The number of imidazole rings is 1. The van der Waals surface area contributed by atoms with E-state index in [4.69, 9.17) is 4.74 Å². The van der Waals surface area contributed by atoms with Crippen LogP contribution in [0.5, 0.6) is 0 Å². The first kappa shape index (κ1) is 18.3. The highest BCUT2D eigenvalue weighted by atomic mass is 19.4. The number of hydrogen-bond donors (Lipinski definition) is 1. The van der Waals surface area contributed by atoms with Gasteiger partial charge in [0, 0.05) is 0 Å². The Labute approximate surface area is 155 Å². The molecule has 0 radical (unpaired) electrons. The maximum atomic E-state index is 13.1. The van der Waals surface area contributed by atoms with Crippen molar-refractivity contribution >= 4 is 17.0 Å². The van der Waals surface area contributed by atoms with Crippen molar-refractivity contribution in [3.63, 3.8) is 0 Å². The lowest BCUT2D eigenvalue weighted by atomic mass is 9.50. The minimum atomic E-state index is -4.50. The molecule has 0 bridgehead atoms. The lowest BCUT2D eigenvalue weighted by Crippen LogP contribution is -2.52. The van der Waals surface area contributed by atoms with Crippen molar-refractivity contribution in [2.24, 2.45) is 11.3 Å². The van der Waals surface area contributed by atoms with Crippen molar-refractivity contribution in [2.75, 3.05) is 7.11 Å². The van der Waals surface area contributed by atoms with Crippen LogP contribution in [-0.2, 0) is 27.5 Å². The molecule has 0 saturated heterocycles. The number of nitrogens with zero attached hydrogens (tertiary/aromatic N) is 1. The maximum Gasteiger partial charge on any atom is 0.449 e. The van der Waals surface area contributed by atoms with Gasteiger partial charge in [0.15, 0.2) is 0 Å². The molecule has 146 valence electrons. The summed E-state index contributed by atoms with van der Waals surface area (Å²) in [7, 11) is 1.42. The molecule has 1 N–H and O–H groups in total. The number of carbonyl (C=O) groups is 1. The van der Waals surface area contributed by atoms with Gasteiger partial charge in [0.1, 0.15) is 0 Å². The zero-order valence-electron chi connectivity index (χ0n) is 15.7. The molecule has 1 fully saturated rings. The van der Waals surface area contributed by atoms with E-state index in [-0.39, 0.29) is 17.3 Å². The average Bonchev–Trinajstić information content (AvgIpc) is 3.05. The van der Waals surface area contributed by atoms with E-state index in [2.05, 4.69) is 16.9 Å². The van der Waals surface area contributed by atoms with Crippen LogP contribution in [0.25, 0.3) is 11.0 Å². The van der Waals surface area contributed by atoms with Crippen molar-refractivity contribution in [1.82, 2.24) is 9.97 Å². The van der Waals surface area contributed by atoms with E-state index in [0.717, 1.165) is 36.8 Å². The van der Waals surface area contributed by atoms with E-state index >= 15 is 0 Å². The molecule has 1 saturated carbocycles. The van der Waals surface area contributed by atoms with E-state index in [1.54, 1.807) is 6.07 Å². The molecule has 4 nitrogen and oxygen atoms in total. The van der Waals surface area contributed by atoms with Crippen molar-refractivity contribution in [2.45, 2.75) is 57.5 Å². The molecule has 1 heterocycles. The van der Waals surface area contributed by atoms with Gasteiger partial charge in [0.2, 0.25) is 5.82 Å². The number of alkyl halides is 3. The Bertz CT molecular complexity index is 920. The molecule has 27 heavy (non-hydrogen) atoms. The molecule has 1 unspecified atom stereocenters. The van der Waals surface area contributed by atoms with Gasteiger partial charge in [0.05, 0.1) is 23.6 Å². The summed E-state index contributed by atoms with van der Waals surface area (Å²) in [6.07, 6.45) is -0.590. The molecule has 1 aromatic carbocycles. The minimum absolute atomic E-state index is 0.0946. The van der Waals surface area contributed by atoms with Gasteiger partial charge in [0.25, 0.3) is 0 Å². The zero-order valence-corrected chi connectivity index (χ0v) is 15.7. The SMILES string of the molecule is COC(=O)[C@]1(C)CCC[C@]2(C)c3ccc4[nH]c(C(F)(F)F)nc4c3CCC12. The highest BCUT2D eigenvalue weighted by Crippen LogP contribution is 2.58. The third-order valence-corrected chi connectivity index (χ3v) is 6.91. The van der Waals surface area contributed by atoms with Crippen molar-refractivity contribution in [1.29, 1.82) is 0 Å². The standard InChI is InChI=1S/C20H23F3N2O2/c1-18-9-4-10-19(2,17(26)27-3)14(18)8-5-11-12(18)6-7-13-15(11)25-16(24-13)20(21,22)23/h6-7,14H,4-5,8-10H2,1-3H3,(H,24,25)/t14?,18-,19-/m1/s1. The zero-order chi connectivity index (χ0) is 19.6. The Morgan fingerprint density at radius 1 is 1.30 bits per heavy atom. The third kappa shape index (κ3) is 2.50. The number of carbonyl (C=O) groups excluding carboxylic acids is 1. The van der Waals surface area contributed by atoms with Gasteiger partial charge in [-0.25, -0.2) is 4.98 Å². The number of esters is 1. The smallest absolute Gasteiger partial charge is 0.449 e. The molecule has 7 heteroatoms. The van der Waals surface area contributed by atoms with Crippen LogP contribution in [0.2, 0.25) is 0 Å². The molecular formula is C20H23F3N2O2. The summed E-state index contributed by atoms with van der Waals surface area (Å²) in [5, 5.41) is 0. The Morgan fingerprint density at radius 3 is 2.70 bits per heavy atom. The fraction of sp³-hybridized carbons (Fsp3) is 0.600. The molecule has 0 aliphatic heterocycles. The summed E-state index contributed by atoms with van der Waals surface area (Å²) in [6.45, 7) is 4.11. The van der Waals surface area contributed by atoms with Crippen LogP contribution < -0.4 is 0 Å². The van der Waals surface area contributed by atoms with Gasteiger partial charge >= 0.3 is 12.1 Å². The fourth-order valence-electron chi connectivity index (χ4n) is 5.65. The van der Waals surface area contributed by atoms with Crippen LogP contribution >= 0.6 is 0 Å². The average molecular weight is 380 g/mol. The first-order chi connectivity index (χ1) is 12.6. The maximum absolute atomic E-state index is 13.1. The molecule has 3 atom stereocenters. The first-order valence-electron chi connectivity index (χ1n) is 9.29. The van der Waals surface area contributed by atoms with E-state index in [1.165, 1.54) is 7.11 Å². The van der Waals surface area contributed by atoms with Gasteiger partial charge in [-0.15, -0.1) is 0 Å². The van der Waals surface area contributed by atoms with E-state index < -0.39 is 17.4 Å². The number of aromatic amines is 1. The number of hydrogen-bond acceptors (Lipinski definition) is 3. The lowest BCUT2D eigenvalue weighted by molar-refractivity contribution is -0.161. The predicted octanol–water partition coefficient (Wildman–Crippen LogP) is 4.77. The molecular weight excluding hydrogens is 357 g/mol. The van der Waals surface area contributed by atoms with Crippen LogP contribution in [0, 0.1) is 11.3 Å². The summed E-state index contributed by atoms with van der Waals surface area (Å²) >= 11 is 0. The van der Waals surface area contributed by atoms with E-state index in [0.29, 0.717) is 17.5 Å². The summed E-state index contributed by atoms with van der Waals surface area (Å²) in [4.78, 5) is 18.8. The minimum Gasteiger partial charge on any atom is -0.469 e. The van der Waals surface area contributed by atoms with Gasteiger partial charge in [-0.05, 0) is 61.1 Å². The largest absolute Gasteiger partial charge is 0.469 e. The number of benzene rings is 1. The predicted molar refractivity (Wildman–Crippen MR) is 94.2 cm³/mol. The molecule has 2 aromatic rings. The van der Waals surface area contributed by atoms with Crippen LogP contribution in [-0.4, -0.2) is 23.0 Å². The Balaban J connectivity index is 1.86. The number of aryl methyl sites for hydroxylation is 1.